The Morgan fingerprint density at radius 2 is 2.04 bits per heavy atom. The van der Waals surface area contributed by atoms with E-state index in [9.17, 15) is 14.3 Å². The van der Waals surface area contributed by atoms with Gasteiger partial charge in [0, 0.05) is 24.0 Å². The molecule has 0 bridgehead atoms. The van der Waals surface area contributed by atoms with Gasteiger partial charge in [-0.05, 0) is 63.4 Å². The first kappa shape index (κ1) is 15.6. The Morgan fingerprint density at radius 1 is 1.33 bits per heavy atom. The number of hydrogen-bond donors (Lipinski definition) is 1. The quantitative estimate of drug-likeness (QED) is 0.939. The lowest BCUT2D eigenvalue weighted by atomic mass is 9.74. The van der Waals surface area contributed by atoms with Crippen LogP contribution in [0.15, 0.2) is 18.2 Å². The van der Waals surface area contributed by atoms with Crippen LogP contribution in [0.4, 0.5) is 4.39 Å². The largest absolute Gasteiger partial charge is 0.480 e. The zero-order chi connectivity index (χ0) is 16.9. The van der Waals surface area contributed by atoms with Crippen molar-refractivity contribution in [1.29, 1.82) is 0 Å². The van der Waals surface area contributed by atoms with Crippen LogP contribution in [-0.2, 0) is 11.8 Å². The van der Waals surface area contributed by atoms with E-state index >= 15 is 0 Å². The minimum absolute atomic E-state index is 0.242. The minimum atomic E-state index is -0.680. The molecule has 1 saturated carbocycles. The SMILES string of the molecule is Cn1nc2ccc(F)cc2c1C1CCN(C2(C(=O)O)CCC2)CC1. The number of aryl methyl sites for hydroxylation is 1. The monoisotopic (exact) mass is 331 g/mol. The zero-order valence-electron chi connectivity index (χ0n) is 13.8. The molecular weight excluding hydrogens is 309 g/mol. The predicted molar refractivity (Wildman–Crippen MR) is 88.4 cm³/mol. The van der Waals surface area contributed by atoms with E-state index < -0.39 is 11.5 Å². The molecule has 0 spiro atoms. The molecule has 0 amide bonds. The van der Waals surface area contributed by atoms with E-state index in [2.05, 4.69) is 10.00 Å². The van der Waals surface area contributed by atoms with Crippen molar-refractivity contribution in [3.05, 3.63) is 29.7 Å². The zero-order valence-corrected chi connectivity index (χ0v) is 13.8. The van der Waals surface area contributed by atoms with Crippen LogP contribution in [0.5, 0.6) is 0 Å². The number of carboxylic acids is 1. The minimum Gasteiger partial charge on any atom is -0.480 e. The molecule has 0 radical (unpaired) electrons. The number of aliphatic carboxylic acids is 1. The van der Waals surface area contributed by atoms with Gasteiger partial charge >= 0.3 is 5.97 Å². The van der Waals surface area contributed by atoms with Crippen molar-refractivity contribution in [3.8, 4) is 0 Å². The molecule has 1 aliphatic carbocycles. The number of rotatable bonds is 3. The number of piperidine rings is 1. The Morgan fingerprint density at radius 3 is 2.62 bits per heavy atom. The van der Waals surface area contributed by atoms with Crippen molar-refractivity contribution in [2.24, 2.45) is 7.05 Å². The summed E-state index contributed by atoms with van der Waals surface area (Å²) in [6, 6.07) is 4.72. The van der Waals surface area contributed by atoms with Gasteiger partial charge in [0.05, 0.1) is 5.52 Å². The smallest absolute Gasteiger partial charge is 0.324 e. The van der Waals surface area contributed by atoms with Crippen LogP contribution in [0.2, 0.25) is 0 Å². The molecule has 2 heterocycles. The number of fused-ring (bicyclic) bond motifs is 1. The van der Waals surface area contributed by atoms with E-state index in [4.69, 9.17) is 0 Å². The Bertz CT molecular complexity index is 789. The average molecular weight is 331 g/mol. The summed E-state index contributed by atoms with van der Waals surface area (Å²) in [6.07, 6.45) is 4.29. The van der Waals surface area contributed by atoms with Gasteiger partial charge in [0.2, 0.25) is 0 Å². The average Bonchev–Trinajstić information content (AvgIpc) is 2.82. The highest BCUT2D eigenvalue weighted by Crippen LogP contribution is 2.42. The van der Waals surface area contributed by atoms with Crippen LogP contribution < -0.4 is 0 Å². The van der Waals surface area contributed by atoms with Gasteiger partial charge in [-0.2, -0.15) is 5.10 Å². The summed E-state index contributed by atoms with van der Waals surface area (Å²) in [5.41, 5.74) is 1.26. The highest BCUT2D eigenvalue weighted by Gasteiger charge is 2.50. The lowest BCUT2D eigenvalue weighted by Crippen LogP contribution is -2.61. The predicted octanol–water partition coefficient (Wildman–Crippen LogP) is 2.90. The second kappa shape index (κ2) is 5.55. The maximum atomic E-state index is 13.6. The number of aromatic nitrogens is 2. The van der Waals surface area contributed by atoms with Crippen molar-refractivity contribution in [2.45, 2.75) is 43.6 Å². The number of carbonyl (C=O) groups is 1. The summed E-state index contributed by atoms with van der Waals surface area (Å²) in [4.78, 5) is 13.8. The normalized spacial score (nSPS) is 21.8. The molecule has 4 rings (SSSR count). The first-order valence-electron chi connectivity index (χ1n) is 8.62. The van der Waals surface area contributed by atoms with Crippen molar-refractivity contribution in [2.75, 3.05) is 13.1 Å². The van der Waals surface area contributed by atoms with Crippen molar-refractivity contribution in [3.63, 3.8) is 0 Å². The van der Waals surface area contributed by atoms with Gasteiger partial charge in [-0.1, -0.05) is 0 Å². The standard InChI is InChI=1S/C18H22FN3O2/c1-21-16(14-11-13(19)3-4-15(14)20-21)12-5-9-22(10-6-12)18(17(23)24)7-2-8-18/h3-4,11-12H,2,5-10H2,1H3,(H,23,24). The third-order valence-electron chi connectivity index (χ3n) is 5.91. The highest BCUT2D eigenvalue weighted by molar-refractivity contribution is 5.82. The number of likely N-dealkylation sites (tertiary alicyclic amines) is 1. The van der Waals surface area contributed by atoms with Crippen LogP contribution in [0.3, 0.4) is 0 Å². The Hall–Kier alpha value is -1.95. The number of hydrogen-bond acceptors (Lipinski definition) is 3. The Labute approximate surface area is 140 Å². The van der Waals surface area contributed by atoms with E-state index in [0.29, 0.717) is 5.92 Å². The van der Waals surface area contributed by atoms with Crippen LogP contribution in [0.25, 0.3) is 10.9 Å². The molecule has 0 unspecified atom stereocenters. The summed E-state index contributed by atoms with van der Waals surface area (Å²) in [7, 11) is 1.91. The van der Waals surface area contributed by atoms with Crippen molar-refractivity contribution in [1.82, 2.24) is 14.7 Å². The lowest BCUT2D eigenvalue weighted by molar-refractivity contribution is -0.159. The first-order chi connectivity index (χ1) is 11.5. The van der Waals surface area contributed by atoms with Crippen LogP contribution in [-0.4, -0.2) is 44.4 Å². The highest BCUT2D eigenvalue weighted by atomic mass is 19.1. The molecule has 1 aliphatic heterocycles. The third-order valence-corrected chi connectivity index (χ3v) is 5.91. The molecule has 1 aromatic carbocycles. The Balaban J connectivity index is 1.57. The molecule has 2 aromatic rings. The summed E-state index contributed by atoms with van der Waals surface area (Å²) >= 11 is 0. The molecule has 1 aromatic heterocycles. The van der Waals surface area contributed by atoms with Crippen LogP contribution >= 0.6 is 0 Å². The van der Waals surface area contributed by atoms with Crippen molar-refractivity contribution < 1.29 is 14.3 Å². The first-order valence-corrected chi connectivity index (χ1v) is 8.62. The third kappa shape index (κ3) is 2.24. The van der Waals surface area contributed by atoms with E-state index in [-0.39, 0.29) is 5.82 Å². The molecule has 1 saturated heterocycles. The number of nitrogens with zero attached hydrogens (tertiary/aromatic N) is 3. The molecule has 5 nitrogen and oxygen atoms in total. The second-order valence-electron chi connectivity index (χ2n) is 7.12. The summed E-state index contributed by atoms with van der Waals surface area (Å²) in [5, 5.41) is 15.0. The van der Waals surface area contributed by atoms with Gasteiger partial charge < -0.3 is 5.11 Å². The van der Waals surface area contributed by atoms with Crippen LogP contribution in [0, 0.1) is 5.82 Å². The number of benzene rings is 1. The summed E-state index contributed by atoms with van der Waals surface area (Å²) in [5.74, 6) is -0.627. The second-order valence-corrected chi connectivity index (χ2v) is 7.12. The summed E-state index contributed by atoms with van der Waals surface area (Å²) < 4.78 is 15.5. The van der Waals surface area contributed by atoms with E-state index in [1.54, 1.807) is 12.1 Å². The topological polar surface area (TPSA) is 58.4 Å². The number of carboxylic acid groups (broad SMARTS) is 1. The molecule has 0 atom stereocenters. The molecule has 6 heteroatoms. The molecule has 1 N–H and O–H groups in total. The van der Waals surface area contributed by atoms with Gasteiger partial charge in [0.25, 0.3) is 0 Å². The van der Waals surface area contributed by atoms with Gasteiger partial charge in [-0.25, -0.2) is 4.39 Å². The van der Waals surface area contributed by atoms with Gasteiger partial charge in [-0.3, -0.25) is 14.4 Å². The van der Waals surface area contributed by atoms with Crippen molar-refractivity contribution >= 4 is 16.9 Å². The van der Waals surface area contributed by atoms with Gasteiger partial charge in [-0.15, -0.1) is 0 Å². The maximum absolute atomic E-state index is 13.6. The molecule has 24 heavy (non-hydrogen) atoms. The van der Waals surface area contributed by atoms with Gasteiger partial charge in [0.15, 0.2) is 0 Å². The van der Waals surface area contributed by atoms with E-state index in [1.807, 2.05) is 11.7 Å². The van der Waals surface area contributed by atoms with Crippen LogP contribution in [0.1, 0.15) is 43.7 Å². The fourth-order valence-corrected chi connectivity index (χ4v) is 4.43. The van der Waals surface area contributed by atoms with E-state index in [0.717, 1.165) is 61.8 Å². The summed E-state index contributed by atoms with van der Waals surface area (Å²) in [6.45, 7) is 1.55. The van der Waals surface area contributed by atoms with E-state index in [1.165, 1.54) is 6.07 Å². The molecule has 2 aliphatic rings. The Kier molecular flexibility index (Phi) is 3.60. The van der Waals surface area contributed by atoms with Gasteiger partial charge in [0.1, 0.15) is 11.4 Å². The maximum Gasteiger partial charge on any atom is 0.324 e. The fraction of sp³-hybridized carbons (Fsp3) is 0.556. The molecule has 2 fully saturated rings. The number of halogens is 1. The molecular formula is C18H22FN3O2. The molecule has 128 valence electrons. The lowest BCUT2D eigenvalue weighted by Gasteiger charge is -2.49. The fourth-order valence-electron chi connectivity index (χ4n) is 4.43.